The third-order valence-electron chi connectivity index (χ3n) is 13.0. The highest BCUT2D eigenvalue weighted by atomic mass is 16.8. The smallest absolute Gasteiger partial charge is 0.221 e. The van der Waals surface area contributed by atoms with Crippen molar-refractivity contribution in [2.45, 2.75) is 145 Å². The first-order chi connectivity index (χ1) is 31.5. The topological polar surface area (TPSA) is 506 Å². The van der Waals surface area contributed by atoms with E-state index in [2.05, 4.69) is 0 Å². The van der Waals surface area contributed by atoms with E-state index in [9.17, 15) is 102 Å². The summed E-state index contributed by atoms with van der Waals surface area (Å²) >= 11 is 0. The van der Waals surface area contributed by atoms with Crippen molar-refractivity contribution in [2.75, 3.05) is 79.3 Å². The lowest BCUT2D eigenvalue weighted by molar-refractivity contribution is -0.323. The van der Waals surface area contributed by atoms with Crippen molar-refractivity contribution < 1.29 is 154 Å². The van der Waals surface area contributed by atoms with Crippen molar-refractivity contribution in [3.05, 3.63) is 0 Å². The van der Waals surface area contributed by atoms with Crippen LogP contribution in [0.2, 0.25) is 0 Å². The van der Waals surface area contributed by atoms with Crippen molar-refractivity contribution >= 4 is 0 Å². The van der Waals surface area contributed by atoms with Crippen LogP contribution in [0.3, 0.4) is 0 Å². The summed E-state index contributed by atoms with van der Waals surface area (Å²) in [5.74, 6) is -14.9. The number of aliphatic hydroxyl groups is 20. The Balaban J connectivity index is 1.04. The van der Waals surface area contributed by atoms with E-state index in [-0.39, 0.29) is 0 Å². The van der Waals surface area contributed by atoms with E-state index in [1.54, 1.807) is 0 Å². The Kier molecular flexibility index (Phi) is 17.3. The molecule has 6 heterocycles. The van der Waals surface area contributed by atoms with Crippen LogP contribution in [0.5, 0.6) is 0 Å². The maximum absolute atomic E-state index is 11.0. The second kappa shape index (κ2) is 21.1. The van der Waals surface area contributed by atoms with E-state index in [0.717, 1.165) is 0 Å². The molecule has 6 aliphatic rings. The predicted octanol–water partition coefficient (Wildman–Crippen LogP) is -14.1. The second-order valence-corrected chi connectivity index (χ2v) is 17.1. The van der Waals surface area contributed by atoms with Crippen molar-refractivity contribution in [2.24, 2.45) is 0 Å². The van der Waals surface area contributed by atoms with E-state index in [1.807, 2.05) is 0 Å². The molecule has 0 aromatic rings. The van der Waals surface area contributed by atoms with E-state index in [1.165, 1.54) is 0 Å². The summed E-state index contributed by atoms with van der Waals surface area (Å²) in [5.41, 5.74) is 0. The molecule has 6 rings (SSSR count). The monoisotopic (exact) mass is 990 g/mol. The van der Waals surface area contributed by atoms with Crippen molar-refractivity contribution in [1.29, 1.82) is 0 Å². The van der Waals surface area contributed by atoms with Gasteiger partial charge in [-0.05, 0) is 0 Å². The maximum Gasteiger partial charge on any atom is 0.221 e. The largest absolute Gasteiger partial charge is 0.394 e. The number of aliphatic hydroxyl groups excluding tert-OH is 19. The van der Waals surface area contributed by atoms with E-state index < -0.39 is 224 Å². The van der Waals surface area contributed by atoms with E-state index in [0.29, 0.717) is 0 Å². The first-order valence-electron chi connectivity index (χ1n) is 20.9. The summed E-state index contributed by atoms with van der Waals surface area (Å²) < 4.78 is 60.4. The average Bonchev–Trinajstić information content (AvgIpc) is 4.05. The summed E-state index contributed by atoms with van der Waals surface area (Å²) in [6.45, 7) is -12.0. The fourth-order valence-electron chi connectivity index (χ4n) is 8.70. The van der Waals surface area contributed by atoms with Crippen LogP contribution in [0.15, 0.2) is 0 Å². The molecule has 392 valence electrons. The number of hydrogen-bond donors (Lipinski definition) is 20. The number of hydrogen-bond acceptors (Lipinski definition) is 31. The van der Waals surface area contributed by atoms with Crippen molar-refractivity contribution in [1.82, 2.24) is 0 Å². The maximum atomic E-state index is 11.0. The summed E-state index contributed by atoms with van der Waals surface area (Å²) in [7, 11) is 0. The Morgan fingerprint density at radius 3 is 0.687 bits per heavy atom. The molecule has 0 saturated carbocycles. The zero-order valence-electron chi connectivity index (χ0n) is 35.3. The molecule has 6 saturated heterocycles. The highest BCUT2D eigenvalue weighted by Crippen LogP contribution is 2.41. The van der Waals surface area contributed by atoms with Crippen LogP contribution in [0.4, 0.5) is 0 Å². The molecule has 0 bridgehead atoms. The van der Waals surface area contributed by atoms with Crippen LogP contribution < -0.4 is 0 Å². The molecule has 0 aromatic carbocycles. The van der Waals surface area contributed by atoms with Gasteiger partial charge in [0, 0.05) is 0 Å². The fourth-order valence-corrected chi connectivity index (χ4v) is 8.70. The van der Waals surface area contributed by atoms with Gasteiger partial charge >= 0.3 is 0 Å². The third-order valence-corrected chi connectivity index (χ3v) is 13.0. The van der Waals surface area contributed by atoms with Gasteiger partial charge in [-0.25, -0.2) is 0 Å². The average molecular weight is 991 g/mol. The van der Waals surface area contributed by atoms with Gasteiger partial charge in [-0.1, -0.05) is 0 Å². The molecule has 6 fully saturated rings. The lowest BCUT2D eigenvalue weighted by atomic mass is 10.0. The van der Waals surface area contributed by atoms with Crippen LogP contribution >= 0.6 is 0 Å². The van der Waals surface area contributed by atoms with Gasteiger partial charge in [0.25, 0.3) is 0 Å². The van der Waals surface area contributed by atoms with Crippen LogP contribution in [-0.2, 0) is 52.1 Å². The highest BCUT2D eigenvalue weighted by molar-refractivity contribution is 5.04. The van der Waals surface area contributed by atoms with Crippen molar-refractivity contribution in [3.63, 3.8) is 0 Å². The van der Waals surface area contributed by atoms with Crippen LogP contribution in [0.25, 0.3) is 0 Å². The Morgan fingerprint density at radius 1 is 0.284 bits per heavy atom. The van der Waals surface area contributed by atoms with Crippen LogP contribution in [0, 0.1) is 0 Å². The summed E-state index contributed by atoms with van der Waals surface area (Å²) in [5, 5.41) is 208. The Labute approximate surface area is 378 Å². The molecule has 20 N–H and O–H groups in total. The van der Waals surface area contributed by atoms with Gasteiger partial charge in [0.15, 0.2) is 0 Å². The molecule has 67 heavy (non-hydrogen) atoms. The third kappa shape index (κ3) is 9.63. The fraction of sp³-hybridized carbons (Fsp3) is 1.00. The molecule has 0 unspecified atom stereocenters. The Morgan fingerprint density at radius 2 is 0.493 bits per heavy atom. The molecule has 31 heteroatoms. The van der Waals surface area contributed by atoms with Crippen LogP contribution in [-0.4, -0.2) is 326 Å². The molecular formula is C36H62O31. The van der Waals surface area contributed by atoms with E-state index in [4.69, 9.17) is 52.1 Å². The standard InChI is InChI=1S/C36H62O31/c37-1-13-19(44)26(51)32(8-39,63-13)58-3-15-21(46)28(53)34(10-41,65-15)60-5-17-23(48)30(55)36(12-43,67-17)61-6-18-24(49)29(54)35(11-42,66-18)59-4-16-22(47)27(52)33(9-40,64-16)57-2-14-20(45)25(50)31(56,7-38)62-14/h13-30,37-56H,1-12H2/t13-,14-,15-,16-,17-,18-,19-,20-,21-,22-,23-,24-,25+,26+,27+,28+,29+,30+,31-,32-,33-,34-,35-,36-/m1/s1. The van der Waals surface area contributed by atoms with E-state index >= 15 is 0 Å². The van der Waals surface area contributed by atoms with Gasteiger partial charge in [-0.2, -0.15) is 0 Å². The SMILES string of the molecule is OC[C@H]1O[C@@](CO)(OC[C@H]2O[C@@](CO)(OC[C@H]3O[C@@](CO)(OC[C@H]4O[C@@](CO)(OC[C@H]5O[C@@](CO)(OC[C@H]6O[C@](O)(CO)[C@@H](O)[C@@H]6O)[C@@H](O)[C@@H]5O)[C@@H](O)[C@@H]4O)[C@@H](O)[C@@H]3O)[C@@H](O)[C@@H]2O)[C@@H](O)[C@@H]1O. The van der Waals surface area contributed by atoms with Gasteiger partial charge in [-0.15, -0.1) is 0 Å². The van der Waals surface area contributed by atoms with Gasteiger partial charge in [0.1, 0.15) is 143 Å². The van der Waals surface area contributed by atoms with Gasteiger partial charge in [-0.3, -0.25) is 0 Å². The molecule has 6 aliphatic heterocycles. The minimum absolute atomic E-state index is 0.774. The predicted molar refractivity (Wildman–Crippen MR) is 199 cm³/mol. The second-order valence-electron chi connectivity index (χ2n) is 17.1. The summed E-state index contributed by atoms with van der Waals surface area (Å²) in [4.78, 5) is 0. The lowest BCUT2D eigenvalue weighted by Crippen LogP contribution is -2.50. The first kappa shape index (κ1) is 55.1. The van der Waals surface area contributed by atoms with Gasteiger partial charge in [0.2, 0.25) is 34.7 Å². The molecular weight excluding hydrogens is 928 g/mol. The molecule has 0 radical (unpaired) electrons. The lowest BCUT2D eigenvalue weighted by Gasteiger charge is -2.34. The molecule has 0 spiro atoms. The summed E-state index contributed by atoms with van der Waals surface area (Å²) in [6, 6.07) is 0. The Bertz CT molecular complexity index is 1610. The Hall–Kier alpha value is -1.24. The minimum Gasteiger partial charge on any atom is -0.394 e. The van der Waals surface area contributed by atoms with Crippen molar-refractivity contribution in [3.8, 4) is 0 Å². The quantitative estimate of drug-likeness (QED) is 0.0479. The molecule has 31 nitrogen and oxygen atoms in total. The first-order valence-corrected chi connectivity index (χ1v) is 20.9. The molecule has 24 atom stereocenters. The number of rotatable bonds is 22. The van der Waals surface area contributed by atoms with Gasteiger partial charge < -0.3 is 154 Å². The minimum atomic E-state index is -2.58. The normalized spacial score (nSPS) is 52.3. The molecule has 0 amide bonds. The van der Waals surface area contributed by atoms with Crippen LogP contribution in [0.1, 0.15) is 0 Å². The zero-order chi connectivity index (χ0) is 49.7. The number of ether oxygens (including phenoxy) is 11. The van der Waals surface area contributed by atoms with Gasteiger partial charge in [0.05, 0.1) is 46.2 Å². The zero-order valence-corrected chi connectivity index (χ0v) is 35.3. The molecule has 0 aromatic heterocycles. The highest BCUT2D eigenvalue weighted by Gasteiger charge is 2.63. The molecule has 0 aliphatic carbocycles. The summed E-state index contributed by atoms with van der Waals surface area (Å²) in [6.07, 6.45) is -33.1.